The largest absolute Gasteiger partial charge is 0.478 e. The Labute approximate surface area is 147 Å². The van der Waals surface area contributed by atoms with E-state index in [9.17, 15) is 9.90 Å². The molecule has 132 valence electrons. The van der Waals surface area contributed by atoms with Crippen LogP contribution in [-0.2, 0) is 4.74 Å². The van der Waals surface area contributed by atoms with Gasteiger partial charge in [0.1, 0.15) is 0 Å². The number of carboxylic acids is 1. The summed E-state index contributed by atoms with van der Waals surface area (Å²) in [5.41, 5.74) is 2.80. The van der Waals surface area contributed by atoms with Gasteiger partial charge in [-0.2, -0.15) is 0 Å². The molecule has 1 aromatic heterocycles. The zero-order valence-electron chi connectivity index (χ0n) is 14.4. The molecule has 0 aliphatic carbocycles. The maximum Gasteiger partial charge on any atom is 0.335 e. The zero-order valence-corrected chi connectivity index (χ0v) is 14.4. The summed E-state index contributed by atoms with van der Waals surface area (Å²) in [6.45, 7) is 3.63. The molecule has 6 heteroatoms. The molecule has 0 bridgehead atoms. The molecule has 1 saturated heterocycles. The third-order valence-electron chi connectivity index (χ3n) is 4.61. The monoisotopic (exact) mass is 341 g/mol. The summed E-state index contributed by atoms with van der Waals surface area (Å²) >= 11 is 0. The lowest BCUT2D eigenvalue weighted by atomic mass is 9.91. The van der Waals surface area contributed by atoms with E-state index < -0.39 is 5.97 Å². The lowest BCUT2D eigenvalue weighted by Crippen LogP contribution is -2.37. The van der Waals surface area contributed by atoms with Gasteiger partial charge in [-0.1, -0.05) is 12.1 Å². The molecule has 2 heterocycles. The second-order valence-corrected chi connectivity index (χ2v) is 6.31. The van der Waals surface area contributed by atoms with E-state index in [1.54, 1.807) is 37.7 Å². The van der Waals surface area contributed by atoms with E-state index >= 15 is 0 Å². The third-order valence-corrected chi connectivity index (χ3v) is 4.61. The Bertz CT molecular complexity index is 735. The number of carboxylic acid groups (broad SMARTS) is 1. The standard InChI is InChI=1S/C19H23N3O3/c1-25-11-10-22-9-3-6-16(13-22)18-17(20-7-8-21-18)14-4-2-5-15(12-14)19(23)24/h2,4-5,7-8,12,16H,3,6,9-11,13H2,1H3,(H,23,24)/t16-/m0/s1. The van der Waals surface area contributed by atoms with E-state index in [4.69, 9.17) is 4.74 Å². The lowest BCUT2D eigenvalue weighted by Gasteiger charge is -2.32. The van der Waals surface area contributed by atoms with Crippen LogP contribution in [0.2, 0.25) is 0 Å². The molecule has 25 heavy (non-hydrogen) atoms. The van der Waals surface area contributed by atoms with Crippen molar-refractivity contribution in [3.05, 3.63) is 47.9 Å². The second-order valence-electron chi connectivity index (χ2n) is 6.31. The molecule has 1 aliphatic heterocycles. The van der Waals surface area contributed by atoms with Crippen molar-refractivity contribution in [1.82, 2.24) is 14.9 Å². The topological polar surface area (TPSA) is 75.5 Å². The summed E-state index contributed by atoms with van der Waals surface area (Å²) in [6, 6.07) is 6.91. The highest BCUT2D eigenvalue weighted by Gasteiger charge is 2.25. The Balaban J connectivity index is 1.88. The van der Waals surface area contributed by atoms with Crippen LogP contribution in [0.5, 0.6) is 0 Å². The Morgan fingerprint density at radius 1 is 1.36 bits per heavy atom. The average molecular weight is 341 g/mol. The van der Waals surface area contributed by atoms with Gasteiger partial charge in [-0.25, -0.2) is 4.79 Å². The molecule has 2 aromatic rings. The molecule has 3 rings (SSSR count). The number of nitrogens with zero attached hydrogens (tertiary/aromatic N) is 3. The fraction of sp³-hybridized carbons (Fsp3) is 0.421. The average Bonchev–Trinajstić information content (AvgIpc) is 2.66. The first kappa shape index (κ1) is 17.5. The number of methoxy groups -OCH3 is 1. The third kappa shape index (κ3) is 4.21. The highest BCUT2D eigenvalue weighted by Crippen LogP contribution is 2.31. The minimum Gasteiger partial charge on any atom is -0.478 e. The minimum absolute atomic E-state index is 0.263. The molecule has 1 fully saturated rings. The number of aromatic carboxylic acids is 1. The summed E-state index contributed by atoms with van der Waals surface area (Å²) < 4.78 is 5.19. The van der Waals surface area contributed by atoms with E-state index in [0.29, 0.717) is 5.92 Å². The molecular weight excluding hydrogens is 318 g/mol. The van der Waals surface area contributed by atoms with Crippen LogP contribution in [0.1, 0.15) is 34.8 Å². The van der Waals surface area contributed by atoms with Gasteiger partial charge in [0.05, 0.1) is 23.6 Å². The van der Waals surface area contributed by atoms with Gasteiger partial charge in [-0.05, 0) is 31.5 Å². The van der Waals surface area contributed by atoms with Crippen LogP contribution < -0.4 is 0 Å². The number of piperidine rings is 1. The zero-order chi connectivity index (χ0) is 17.6. The highest BCUT2D eigenvalue weighted by atomic mass is 16.5. The van der Waals surface area contributed by atoms with Gasteiger partial charge in [-0.15, -0.1) is 0 Å². The number of hydrogen-bond donors (Lipinski definition) is 1. The van der Waals surface area contributed by atoms with E-state index in [1.165, 1.54) is 0 Å². The Morgan fingerprint density at radius 2 is 2.20 bits per heavy atom. The van der Waals surface area contributed by atoms with Gasteiger partial charge in [0.15, 0.2) is 0 Å². The van der Waals surface area contributed by atoms with Crippen LogP contribution in [0.25, 0.3) is 11.3 Å². The fourth-order valence-corrected chi connectivity index (χ4v) is 3.37. The molecule has 6 nitrogen and oxygen atoms in total. The normalized spacial score (nSPS) is 18.2. The van der Waals surface area contributed by atoms with Crippen molar-refractivity contribution < 1.29 is 14.6 Å². The van der Waals surface area contributed by atoms with Gasteiger partial charge >= 0.3 is 5.97 Å². The van der Waals surface area contributed by atoms with E-state index in [1.807, 2.05) is 6.07 Å². The van der Waals surface area contributed by atoms with Crippen LogP contribution in [0, 0.1) is 0 Å². The van der Waals surface area contributed by atoms with Crippen molar-refractivity contribution >= 4 is 5.97 Å². The Hall–Kier alpha value is -2.31. The Morgan fingerprint density at radius 3 is 3.00 bits per heavy atom. The van der Waals surface area contributed by atoms with Crippen LogP contribution >= 0.6 is 0 Å². The molecule has 0 unspecified atom stereocenters. The van der Waals surface area contributed by atoms with Gasteiger partial charge in [0.2, 0.25) is 0 Å². The predicted octanol–water partition coefficient (Wildman–Crippen LogP) is 2.67. The molecule has 1 atom stereocenters. The molecule has 1 aromatic carbocycles. The summed E-state index contributed by atoms with van der Waals surface area (Å²) in [7, 11) is 1.72. The smallest absolute Gasteiger partial charge is 0.335 e. The number of carbonyl (C=O) groups is 1. The number of likely N-dealkylation sites (tertiary alicyclic amines) is 1. The fourth-order valence-electron chi connectivity index (χ4n) is 3.37. The van der Waals surface area contributed by atoms with Crippen LogP contribution in [0.3, 0.4) is 0 Å². The minimum atomic E-state index is -0.935. The first-order valence-electron chi connectivity index (χ1n) is 8.55. The van der Waals surface area contributed by atoms with Crippen molar-refractivity contribution in [2.24, 2.45) is 0 Å². The summed E-state index contributed by atoms with van der Waals surface area (Å²) in [5, 5.41) is 9.24. The maximum absolute atomic E-state index is 11.3. The number of hydrogen-bond acceptors (Lipinski definition) is 5. The molecule has 1 aliphatic rings. The van der Waals surface area contributed by atoms with Crippen molar-refractivity contribution in [3.63, 3.8) is 0 Å². The quantitative estimate of drug-likeness (QED) is 0.870. The van der Waals surface area contributed by atoms with Crippen molar-refractivity contribution in [3.8, 4) is 11.3 Å². The van der Waals surface area contributed by atoms with Gasteiger partial charge in [0, 0.05) is 44.1 Å². The second kappa shape index (κ2) is 8.18. The molecule has 0 amide bonds. The molecule has 0 spiro atoms. The summed E-state index contributed by atoms with van der Waals surface area (Å²) in [5.74, 6) is -0.640. The van der Waals surface area contributed by atoms with Crippen molar-refractivity contribution in [2.75, 3.05) is 33.4 Å². The molecule has 0 saturated carbocycles. The molecule has 0 radical (unpaired) electrons. The maximum atomic E-state index is 11.3. The van der Waals surface area contributed by atoms with Crippen LogP contribution in [0.15, 0.2) is 36.7 Å². The number of rotatable bonds is 6. The highest BCUT2D eigenvalue weighted by molar-refractivity contribution is 5.89. The SMILES string of the molecule is COCCN1CCC[C@H](c2nccnc2-c2cccc(C(=O)O)c2)C1. The van der Waals surface area contributed by atoms with Crippen LogP contribution in [0.4, 0.5) is 0 Å². The Kier molecular flexibility index (Phi) is 5.73. The predicted molar refractivity (Wildman–Crippen MR) is 94.7 cm³/mol. The number of benzene rings is 1. The molecule has 1 N–H and O–H groups in total. The molecular formula is C19H23N3O3. The van der Waals surface area contributed by atoms with E-state index in [2.05, 4.69) is 14.9 Å². The van der Waals surface area contributed by atoms with Gasteiger partial charge in [-0.3, -0.25) is 9.97 Å². The first-order valence-corrected chi connectivity index (χ1v) is 8.55. The van der Waals surface area contributed by atoms with Gasteiger partial charge < -0.3 is 14.7 Å². The van der Waals surface area contributed by atoms with E-state index in [0.717, 1.165) is 56.0 Å². The summed E-state index contributed by atoms with van der Waals surface area (Å²) in [4.78, 5) is 22.8. The first-order chi connectivity index (χ1) is 12.2. The van der Waals surface area contributed by atoms with Crippen LogP contribution in [-0.4, -0.2) is 59.3 Å². The van der Waals surface area contributed by atoms with Crippen molar-refractivity contribution in [2.45, 2.75) is 18.8 Å². The van der Waals surface area contributed by atoms with E-state index in [-0.39, 0.29) is 5.56 Å². The number of aromatic nitrogens is 2. The van der Waals surface area contributed by atoms with Gasteiger partial charge in [0.25, 0.3) is 0 Å². The van der Waals surface area contributed by atoms with Crippen molar-refractivity contribution in [1.29, 1.82) is 0 Å². The number of ether oxygens (including phenoxy) is 1. The lowest BCUT2D eigenvalue weighted by molar-refractivity contribution is 0.0697. The summed E-state index contributed by atoms with van der Waals surface area (Å²) in [6.07, 6.45) is 5.55.